The highest BCUT2D eigenvalue weighted by atomic mass is 19.4. The molecular weight excluding hydrogens is 215 g/mol. The Morgan fingerprint density at radius 1 is 1.08 bits per heavy atom. The van der Waals surface area contributed by atoms with Gasteiger partial charge in [0.05, 0.1) is 0 Å². The lowest BCUT2D eigenvalue weighted by atomic mass is 11.0. The van der Waals surface area contributed by atoms with Crippen molar-refractivity contribution in [3.8, 4) is 0 Å². The molecule has 0 aliphatic heterocycles. The molecule has 0 bridgehead atoms. The molecule has 0 aromatic heterocycles. The molecule has 0 aromatic rings. The standard InChI is InChI=1S/C3F7NO2/c4-1(12)11(2(5,6)7)13-3(8,9)10. The lowest BCUT2D eigenvalue weighted by molar-refractivity contribution is -0.464. The third-order valence-electron chi connectivity index (χ3n) is 0.585. The fraction of sp³-hybridized carbons (Fsp3) is 0.667. The monoisotopic (exact) mass is 215 g/mol. The Morgan fingerprint density at radius 2 is 1.46 bits per heavy atom. The minimum Gasteiger partial charge on any atom is -0.231 e. The quantitative estimate of drug-likeness (QED) is 0.291. The van der Waals surface area contributed by atoms with Gasteiger partial charge in [0.25, 0.3) is 0 Å². The number of hydrogen-bond acceptors (Lipinski definition) is 2. The fourth-order valence-electron chi connectivity index (χ4n) is 0.291. The molecule has 78 valence electrons. The second-order valence-corrected chi connectivity index (χ2v) is 1.55. The van der Waals surface area contributed by atoms with E-state index >= 15 is 0 Å². The summed E-state index contributed by atoms with van der Waals surface area (Å²) in [7, 11) is 0. The van der Waals surface area contributed by atoms with E-state index in [1.807, 2.05) is 4.84 Å². The minimum absolute atomic E-state index is 2.05. The number of carbonyl (C=O) groups excluding carboxylic acids is 1. The predicted molar refractivity (Wildman–Crippen MR) is 21.5 cm³/mol. The topological polar surface area (TPSA) is 29.5 Å². The summed E-state index contributed by atoms with van der Waals surface area (Å²) in [6.45, 7) is 0. The van der Waals surface area contributed by atoms with Gasteiger partial charge >= 0.3 is 18.8 Å². The van der Waals surface area contributed by atoms with Crippen LogP contribution in [0.25, 0.3) is 0 Å². The summed E-state index contributed by atoms with van der Waals surface area (Å²) in [5.74, 6) is 0. The van der Waals surface area contributed by atoms with Crippen LogP contribution in [-0.4, -0.2) is 23.9 Å². The third-order valence-corrected chi connectivity index (χ3v) is 0.585. The average Bonchev–Trinajstić information content (AvgIpc) is 1.77. The van der Waals surface area contributed by atoms with Gasteiger partial charge in [-0.15, -0.1) is 30.7 Å². The molecule has 0 saturated carbocycles. The van der Waals surface area contributed by atoms with Crippen molar-refractivity contribution in [2.45, 2.75) is 12.7 Å². The van der Waals surface area contributed by atoms with Gasteiger partial charge in [-0.25, -0.2) is 4.79 Å². The minimum atomic E-state index is -5.89. The van der Waals surface area contributed by atoms with Gasteiger partial charge in [-0.3, -0.25) is 0 Å². The van der Waals surface area contributed by atoms with E-state index in [1.165, 1.54) is 0 Å². The smallest absolute Gasteiger partial charge is 0.231 e. The van der Waals surface area contributed by atoms with E-state index in [1.54, 1.807) is 0 Å². The fourth-order valence-corrected chi connectivity index (χ4v) is 0.291. The van der Waals surface area contributed by atoms with Gasteiger partial charge in [0.2, 0.25) is 0 Å². The Morgan fingerprint density at radius 3 is 1.54 bits per heavy atom. The number of carbonyl (C=O) groups is 1. The van der Waals surface area contributed by atoms with Crippen LogP contribution in [0.5, 0.6) is 0 Å². The van der Waals surface area contributed by atoms with Crippen molar-refractivity contribution < 1.29 is 40.4 Å². The summed E-state index contributed by atoms with van der Waals surface area (Å²) >= 11 is 0. The van der Waals surface area contributed by atoms with Crippen LogP contribution in [0, 0.1) is 0 Å². The van der Waals surface area contributed by atoms with Gasteiger partial charge in [0, 0.05) is 0 Å². The molecule has 1 amide bonds. The highest BCUT2D eigenvalue weighted by Crippen LogP contribution is 2.28. The van der Waals surface area contributed by atoms with Gasteiger partial charge in [-0.1, -0.05) is 5.06 Å². The molecule has 0 N–H and O–H groups in total. The first kappa shape index (κ1) is 11.9. The number of halogens is 7. The molecule has 0 saturated heterocycles. The van der Waals surface area contributed by atoms with Gasteiger partial charge in [0.1, 0.15) is 0 Å². The molecule has 0 aliphatic rings. The maximum Gasteiger partial charge on any atom is 0.544 e. The zero-order valence-corrected chi connectivity index (χ0v) is 5.41. The van der Waals surface area contributed by atoms with Crippen LogP contribution in [0.4, 0.5) is 35.5 Å². The van der Waals surface area contributed by atoms with E-state index in [0.717, 1.165) is 0 Å². The van der Waals surface area contributed by atoms with Crippen LogP contribution in [0.3, 0.4) is 0 Å². The van der Waals surface area contributed by atoms with Crippen molar-refractivity contribution in [3.63, 3.8) is 0 Å². The molecule has 13 heavy (non-hydrogen) atoms. The van der Waals surface area contributed by atoms with Gasteiger partial charge < -0.3 is 0 Å². The van der Waals surface area contributed by atoms with E-state index < -0.39 is 23.9 Å². The van der Waals surface area contributed by atoms with Crippen molar-refractivity contribution in [2.75, 3.05) is 0 Å². The van der Waals surface area contributed by atoms with Crippen LogP contribution in [0.2, 0.25) is 0 Å². The van der Waals surface area contributed by atoms with Crippen molar-refractivity contribution in [3.05, 3.63) is 0 Å². The van der Waals surface area contributed by atoms with Crippen LogP contribution in [0.1, 0.15) is 0 Å². The van der Waals surface area contributed by atoms with Crippen LogP contribution >= 0.6 is 0 Å². The van der Waals surface area contributed by atoms with E-state index in [-0.39, 0.29) is 0 Å². The number of nitrogens with zero attached hydrogens (tertiary/aromatic N) is 1. The maximum atomic E-state index is 11.3. The van der Waals surface area contributed by atoms with Crippen molar-refractivity contribution in [2.24, 2.45) is 0 Å². The van der Waals surface area contributed by atoms with E-state index in [0.29, 0.717) is 0 Å². The summed E-state index contributed by atoms with van der Waals surface area (Å²) in [6.07, 6.45) is -15.1. The summed E-state index contributed by atoms with van der Waals surface area (Å²) in [4.78, 5) is 11.4. The predicted octanol–water partition coefficient (Wildman–Crippen LogP) is 2.35. The van der Waals surface area contributed by atoms with Crippen LogP contribution in [0.15, 0.2) is 0 Å². The average molecular weight is 215 g/mol. The Labute approximate surface area is 65.6 Å². The summed E-state index contributed by atoms with van der Waals surface area (Å²) in [5.41, 5.74) is 0. The number of alkyl halides is 6. The molecule has 3 nitrogen and oxygen atoms in total. The highest BCUT2D eigenvalue weighted by Gasteiger charge is 2.50. The number of hydroxylamine groups is 2. The molecule has 0 rings (SSSR count). The first-order valence-electron chi connectivity index (χ1n) is 2.36. The molecule has 10 heteroatoms. The molecule has 0 spiro atoms. The summed E-state index contributed by atoms with van der Waals surface area (Å²) in [6, 6.07) is 0. The summed E-state index contributed by atoms with van der Waals surface area (Å²) in [5, 5.41) is -2.37. The van der Waals surface area contributed by atoms with Gasteiger partial charge in [-0.2, -0.15) is 4.84 Å². The zero-order chi connectivity index (χ0) is 10.9. The molecule has 0 unspecified atom stereocenters. The first-order valence-corrected chi connectivity index (χ1v) is 2.36. The largest absolute Gasteiger partial charge is 0.544 e. The maximum absolute atomic E-state index is 11.3. The Bertz CT molecular complexity index is 195. The second-order valence-electron chi connectivity index (χ2n) is 1.55. The van der Waals surface area contributed by atoms with Crippen LogP contribution in [-0.2, 0) is 4.84 Å². The highest BCUT2D eigenvalue weighted by molar-refractivity contribution is 5.64. The number of rotatable bonds is 1. The lowest BCUT2D eigenvalue weighted by Gasteiger charge is -2.20. The SMILES string of the molecule is O=C(F)N(OC(F)(F)F)C(F)(F)F. The van der Waals surface area contributed by atoms with Crippen LogP contribution < -0.4 is 0 Å². The van der Waals surface area contributed by atoms with Gasteiger partial charge in [-0.05, 0) is 0 Å². The molecule has 0 aromatic carbocycles. The van der Waals surface area contributed by atoms with Gasteiger partial charge in [0.15, 0.2) is 0 Å². The van der Waals surface area contributed by atoms with Crippen molar-refractivity contribution in [1.29, 1.82) is 0 Å². The normalized spacial score (nSPS) is 12.8. The second kappa shape index (κ2) is 3.36. The lowest BCUT2D eigenvalue weighted by Crippen LogP contribution is -2.43. The molecule has 0 radical (unpaired) electrons. The van der Waals surface area contributed by atoms with E-state index in [4.69, 9.17) is 0 Å². The third kappa shape index (κ3) is 4.50. The molecule has 0 atom stereocenters. The summed E-state index contributed by atoms with van der Waals surface area (Å²) < 4.78 is 78.7. The Balaban J connectivity index is 4.56. The van der Waals surface area contributed by atoms with Crippen molar-refractivity contribution >= 4 is 6.16 Å². The Kier molecular flexibility index (Phi) is 3.08. The first-order chi connectivity index (χ1) is 5.54. The van der Waals surface area contributed by atoms with E-state index in [2.05, 4.69) is 0 Å². The number of hydrogen-bond donors (Lipinski definition) is 0. The molecule has 0 aliphatic carbocycles. The molecule has 0 fully saturated rings. The van der Waals surface area contributed by atoms with E-state index in [9.17, 15) is 35.5 Å². The molecular formula is C3F7NO2. The Hall–Kier alpha value is -1.06. The van der Waals surface area contributed by atoms with Crippen molar-refractivity contribution in [1.82, 2.24) is 5.06 Å². The number of amides is 1. The molecule has 0 heterocycles. The zero-order valence-electron chi connectivity index (χ0n) is 5.41.